The van der Waals surface area contributed by atoms with Crippen LogP contribution < -0.4 is 15.2 Å². The standard InChI is InChI=1S/C11H14N4O3S/c1-18-9-2-3-11(10(12)6-9)19(16,17)14-7-8-4-5-13-15-8/h2-6,14H,7,12H2,1H3,(H,13,15). The van der Waals surface area contributed by atoms with Crippen molar-refractivity contribution in [2.45, 2.75) is 11.4 Å². The highest BCUT2D eigenvalue weighted by atomic mass is 32.2. The van der Waals surface area contributed by atoms with E-state index in [0.717, 1.165) is 0 Å². The monoisotopic (exact) mass is 282 g/mol. The Bertz CT molecular complexity index is 653. The summed E-state index contributed by atoms with van der Waals surface area (Å²) in [5, 5.41) is 6.40. The first-order valence-corrected chi connectivity index (χ1v) is 6.92. The van der Waals surface area contributed by atoms with Crippen molar-refractivity contribution in [1.82, 2.24) is 14.9 Å². The molecule has 1 heterocycles. The number of aromatic amines is 1. The molecule has 1 aromatic heterocycles. The van der Waals surface area contributed by atoms with Crippen LogP contribution in [-0.4, -0.2) is 25.7 Å². The van der Waals surface area contributed by atoms with E-state index in [-0.39, 0.29) is 17.1 Å². The van der Waals surface area contributed by atoms with Crippen LogP contribution in [0, 0.1) is 0 Å². The Morgan fingerprint density at radius 2 is 2.21 bits per heavy atom. The summed E-state index contributed by atoms with van der Waals surface area (Å²) < 4.78 is 31.6. The molecule has 0 radical (unpaired) electrons. The Morgan fingerprint density at radius 3 is 2.79 bits per heavy atom. The van der Waals surface area contributed by atoms with Crippen molar-refractivity contribution in [2.75, 3.05) is 12.8 Å². The van der Waals surface area contributed by atoms with E-state index in [4.69, 9.17) is 10.5 Å². The van der Waals surface area contributed by atoms with Gasteiger partial charge < -0.3 is 10.5 Å². The molecule has 7 nitrogen and oxygen atoms in total. The molecule has 0 unspecified atom stereocenters. The molecule has 19 heavy (non-hydrogen) atoms. The van der Waals surface area contributed by atoms with E-state index in [1.165, 1.54) is 19.2 Å². The van der Waals surface area contributed by atoms with Crippen LogP contribution >= 0.6 is 0 Å². The predicted octanol–water partition coefficient (Wildman–Crippen LogP) is 0.479. The Kier molecular flexibility index (Phi) is 3.72. The van der Waals surface area contributed by atoms with E-state index in [1.807, 2.05) is 0 Å². The Hall–Kier alpha value is -2.06. The summed E-state index contributed by atoms with van der Waals surface area (Å²) in [6.45, 7) is 0.119. The Balaban J connectivity index is 2.19. The van der Waals surface area contributed by atoms with Crippen LogP contribution in [0.5, 0.6) is 5.75 Å². The van der Waals surface area contributed by atoms with Crippen LogP contribution in [0.2, 0.25) is 0 Å². The molecular weight excluding hydrogens is 268 g/mol. The van der Waals surface area contributed by atoms with Crippen molar-refractivity contribution < 1.29 is 13.2 Å². The number of H-pyrrole nitrogens is 1. The number of sulfonamides is 1. The fraction of sp³-hybridized carbons (Fsp3) is 0.182. The fourth-order valence-corrected chi connectivity index (χ4v) is 2.65. The zero-order valence-electron chi connectivity index (χ0n) is 10.3. The quantitative estimate of drug-likeness (QED) is 0.691. The van der Waals surface area contributed by atoms with Crippen LogP contribution in [0.25, 0.3) is 0 Å². The number of methoxy groups -OCH3 is 1. The first kappa shape index (κ1) is 13.4. The van der Waals surface area contributed by atoms with E-state index in [1.54, 1.807) is 18.3 Å². The molecule has 0 aliphatic rings. The lowest BCUT2D eigenvalue weighted by atomic mass is 10.3. The van der Waals surface area contributed by atoms with Gasteiger partial charge in [-0.2, -0.15) is 5.10 Å². The van der Waals surface area contributed by atoms with Gasteiger partial charge in [0.15, 0.2) is 0 Å². The SMILES string of the molecule is COc1ccc(S(=O)(=O)NCc2ccn[nH]2)c(N)c1. The summed E-state index contributed by atoms with van der Waals surface area (Å²) in [5.41, 5.74) is 6.51. The van der Waals surface area contributed by atoms with Gasteiger partial charge in [-0.3, -0.25) is 5.10 Å². The second-order valence-corrected chi connectivity index (χ2v) is 5.55. The molecule has 8 heteroatoms. The van der Waals surface area contributed by atoms with Crippen molar-refractivity contribution in [3.05, 3.63) is 36.2 Å². The second-order valence-electron chi connectivity index (χ2n) is 3.81. The van der Waals surface area contributed by atoms with Gasteiger partial charge in [-0.15, -0.1) is 0 Å². The Morgan fingerprint density at radius 1 is 1.42 bits per heavy atom. The molecule has 4 N–H and O–H groups in total. The minimum Gasteiger partial charge on any atom is -0.497 e. The van der Waals surface area contributed by atoms with E-state index in [2.05, 4.69) is 14.9 Å². The van der Waals surface area contributed by atoms with Crippen molar-refractivity contribution in [2.24, 2.45) is 0 Å². The number of rotatable bonds is 5. The predicted molar refractivity (Wildman–Crippen MR) is 70.0 cm³/mol. The first-order chi connectivity index (χ1) is 9.03. The topological polar surface area (TPSA) is 110 Å². The first-order valence-electron chi connectivity index (χ1n) is 5.44. The van der Waals surface area contributed by atoms with Crippen LogP contribution in [-0.2, 0) is 16.6 Å². The number of benzene rings is 1. The number of nitrogen functional groups attached to an aromatic ring is 1. The minimum atomic E-state index is -3.67. The number of aromatic nitrogens is 2. The van der Waals surface area contributed by atoms with Gasteiger partial charge in [0.1, 0.15) is 10.6 Å². The normalized spacial score (nSPS) is 11.4. The summed E-state index contributed by atoms with van der Waals surface area (Å²) in [6.07, 6.45) is 1.55. The van der Waals surface area contributed by atoms with E-state index in [0.29, 0.717) is 11.4 Å². The van der Waals surface area contributed by atoms with Gasteiger partial charge in [0.2, 0.25) is 10.0 Å². The average Bonchev–Trinajstić information content (AvgIpc) is 2.89. The maximum absolute atomic E-state index is 12.1. The largest absolute Gasteiger partial charge is 0.497 e. The van der Waals surface area contributed by atoms with E-state index >= 15 is 0 Å². The van der Waals surface area contributed by atoms with Gasteiger partial charge in [0.25, 0.3) is 0 Å². The zero-order chi connectivity index (χ0) is 13.9. The Labute approximate surface area is 110 Å². The van der Waals surface area contributed by atoms with Gasteiger partial charge in [-0.05, 0) is 18.2 Å². The maximum atomic E-state index is 12.1. The number of hydrogen-bond acceptors (Lipinski definition) is 5. The molecule has 2 aromatic rings. The molecule has 1 aromatic carbocycles. The third-order valence-electron chi connectivity index (χ3n) is 2.52. The molecule has 0 fully saturated rings. The number of hydrogen-bond donors (Lipinski definition) is 3. The molecule has 0 saturated heterocycles. The van der Waals surface area contributed by atoms with Crippen LogP contribution in [0.4, 0.5) is 5.69 Å². The van der Waals surface area contributed by atoms with Crippen molar-refractivity contribution in [3.63, 3.8) is 0 Å². The number of nitrogens with zero attached hydrogens (tertiary/aromatic N) is 1. The highest BCUT2D eigenvalue weighted by Gasteiger charge is 2.17. The van der Waals surface area contributed by atoms with Gasteiger partial charge in [0.05, 0.1) is 25.0 Å². The van der Waals surface area contributed by atoms with Gasteiger partial charge >= 0.3 is 0 Å². The molecular formula is C11H14N4O3S. The lowest BCUT2D eigenvalue weighted by molar-refractivity contribution is 0.414. The lowest BCUT2D eigenvalue weighted by Crippen LogP contribution is -2.24. The summed E-state index contributed by atoms with van der Waals surface area (Å²) >= 11 is 0. The number of anilines is 1. The summed E-state index contributed by atoms with van der Waals surface area (Å²) in [7, 11) is -2.18. The molecule has 0 aliphatic heterocycles. The summed E-state index contributed by atoms with van der Waals surface area (Å²) in [5.74, 6) is 0.505. The highest BCUT2D eigenvalue weighted by Crippen LogP contribution is 2.23. The minimum absolute atomic E-state index is 0.0211. The second kappa shape index (κ2) is 5.29. The van der Waals surface area contributed by atoms with Gasteiger partial charge in [0, 0.05) is 12.3 Å². The lowest BCUT2D eigenvalue weighted by Gasteiger charge is -2.09. The molecule has 0 aliphatic carbocycles. The zero-order valence-corrected chi connectivity index (χ0v) is 11.1. The average molecular weight is 282 g/mol. The summed E-state index contributed by atoms with van der Waals surface area (Å²) in [4.78, 5) is 0.0211. The molecule has 0 amide bonds. The third kappa shape index (κ3) is 3.04. The van der Waals surface area contributed by atoms with Crippen LogP contribution in [0.1, 0.15) is 5.69 Å². The van der Waals surface area contributed by atoms with Gasteiger partial charge in [-0.1, -0.05) is 0 Å². The molecule has 0 atom stereocenters. The third-order valence-corrected chi connectivity index (χ3v) is 3.99. The van der Waals surface area contributed by atoms with Crippen LogP contribution in [0.15, 0.2) is 35.4 Å². The summed E-state index contributed by atoms with van der Waals surface area (Å²) in [6, 6.07) is 6.09. The van der Waals surface area contributed by atoms with Crippen molar-refractivity contribution in [1.29, 1.82) is 0 Å². The molecule has 0 spiro atoms. The van der Waals surface area contributed by atoms with E-state index < -0.39 is 10.0 Å². The van der Waals surface area contributed by atoms with Crippen molar-refractivity contribution in [3.8, 4) is 5.75 Å². The van der Waals surface area contributed by atoms with Gasteiger partial charge in [-0.25, -0.2) is 13.1 Å². The number of ether oxygens (including phenoxy) is 1. The number of nitrogens with one attached hydrogen (secondary N) is 2. The molecule has 0 saturated carbocycles. The molecule has 2 rings (SSSR count). The molecule has 102 valence electrons. The highest BCUT2D eigenvalue weighted by molar-refractivity contribution is 7.89. The smallest absolute Gasteiger partial charge is 0.242 e. The number of nitrogens with two attached hydrogens (primary N) is 1. The maximum Gasteiger partial charge on any atom is 0.242 e. The fourth-order valence-electron chi connectivity index (χ4n) is 1.53. The molecule has 0 bridgehead atoms. The van der Waals surface area contributed by atoms with Crippen molar-refractivity contribution >= 4 is 15.7 Å². The van der Waals surface area contributed by atoms with E-state index in [9.17, 15) is 8.42 Å². The van der Waals surface area contributed by atoms with Crippen LogP contribution in [0.3, 0.4) is 0 Å².